The standard InChI is InChI=1S/C15H22N2O2/c1-11-6-7-12(10-16-11)9-14(18)17-8-4-5-13(17)15(2,3)19/h6-7,10,13,19H,4-5,8-9H2,1-3H3. The number of nitrogens with zero attached hydrogens (tertiary/aromatic N) is 2. The second-order valence-corrected chi connectivity index (χ2v) is 5.88. The maximum Gasteiger partial charge on any atom is 0.227 e. The third-order valence-corrected chi connectivity index (χ3v) is 3.72. The van der Waals surface area contributed by atoms with Crippen LogP contribution < -0.4 is 0 Å². The van der Waals surface area contributed by atoms with Crippen LogP contribution in [0.2, 0.25) is 0 Å². The minimum absolute atomic E-state index is 0.0709. The average molecular weight is 262 g/mol. The number of aliphatic hydroxyl groups is 1. The molecule has 1 aromatic rings. The van der Waals surface area contributed by atoms with Gasteiger partial charge in [0.1, 0.15) is 0 Å². The van der Waals surface area contributed by atoms with Crippen LogP contribution in [0, 0.1) is 6.92 Å². The van der Waals surface area contributed by atoms with Crippen molar-refractivity contribution in [2.24, 2.45) is 0 Å². The molecule has 0 spiro atoms. The predicted octanol–water partition coefficient (Wildman–Crippen LogP) is 1.69. The summed E-state index contributed by atoms with van der Waals surface area (Å²) in [4.78, 5) is 18.4. The molecule has 1 unspecified atom stereocenters. The fraction of sp³-hybridized carbons (Fsp3) is 0.600. The second kappa shape index (κ2) is 5.29. The highest BCUT2D eigenvalue weighted by atomic mass is 16.3. The Kier molecular flexibility index (Phi) is 3.90. The van der Waals surface area contributed by atoms with Gasteiger partial charge in [-0.05, 0) is 45.2 Å². The second-order valence-electron chi connectivity index (χ2n) is 5.88. The van der Waals surface area contributed by atoms with Gasteiger partial charge in [0.2, 0.25) is 5.91 Å². The largest absolute Gasteiger partial charge is 0.388 e. The molecule has 1 aromatic heterocycles. The van der Waals surface area contributed by atoms with E-state index >= 15 is 0 Å². The van der Waals surface area contributed by atoms with Gasteiger partial charge in [-0.2, -0.15) is 0 Å². The van der Waals surface area contributed by atoms with Crippen LogP contribution in [0.3, 0.4) is 0 Å². The van der Waals surface area contributed by atoms with E-state index in [4.69, 9.17) is 0 Å². The van der Waals surface area contributed by atoms with Crippen molar-refractivity contribution in [1.29, 1.82) is 0 Å². The monoisotopic (exact) mass is 262 g/mol. The summed E-state index contributed by atoms with van der Waals surface area (Å²) in [6, 6.07) is 3.79. The average Bonchev–Trinajstić information content (AvgIpc) is 2.81. The van der Waals surface area contributed by atoms with Gasteiger partial charge in [0, 0.05) is 18.4 Å². The molecule has 4 nitrogen and oxygen atoms in total. The first-order valence-electron chi connectivity index (χ1n) is 6.81. The van der Waals surface area contributed by atoms with Crippen molar-refractivity contribution >= 4 is 5.91 Å². The molecule has 1 atom stereocenters. The molecule has 1 saturated heterocycles. The minimum atomic E-state index is -0.836. The molecular weight excluding hydrogens is 240 g/mol. The Labute approximate surface area is 114 Å². The van der Waals surface area contributed by atoms with Gasteiger partial charge in [-0.25, -0.2) is 0 Å². The Morgan fingerprint density at radius 3 is 2.84 bits per heavy atom. The molecule has 4 heteroatoms. The van der Waals surface area contributed by atoms with Crippen molar-refractivity contribution in [3.8, 4) is 0 Å². The lowest BCUT2D eigenvalue weighted by atomic mass is 9.96. The molecule has 1 aliphatic rings. The summed E-state index contributed by atoms with van der Waals surface area (Å²) in [5.41, 5.74) is 1.04. The predicted molar refractivity (Wildman–Crippen MR) is 73.7 cm³/mol. The van der Waals surface area contributed by atoms with E-state index in [1.54, 1.807) is 20.0 Å². The molecule has 2 rings (SSSR count). The number of pyridine rings is 1. The molecule has 1 N–H and O–H groups in total. The number of rotatable bonds is 3. The van der Waals surface area contributed by atoms with Crippen LogP contribution in [0.4, 0.5) is 0 Å². The molecule has 19 heavy (non-hydrogen) atoms. The van der Waals surface area contributed by atoms with Gasteiger partial charge in [0.25, 0.3) is 0 Å². The fourth-order valence-corrected chi connectivity index (χ4v) is 2.68. The SMILES string of the molecule is Cc1ccc(CC(=O)N2CCCC2C(C)(C)O)cn1. The van der Waals surface area contributed by atoms with Crippen molar-refractivity contribution in [1.82, 2.24) is 9.88 Å². The third-order valence-electron chi connectivity index (χ3n) is 3.72. The number of amides is 1. The lowest BCUT2D eigenvalue weighted by molar-refractivity contribution is -0.135. The highest BCUT2D eigenvalue weighted by molar-refractivity contribution is 5.79. The summed E-state index contributed by atoms with van der Waals surface area (Å²) in [6.07, 6.45) is 3.95. The summed E-state index contributed by atoms with van der Waals surface area (Å²) >= 11 is 0. The lowest BCUT2D eigenvalue weighted by Gasteiger charge is -2.33. The Bertz CT molecular complexity index is 448. The molecule has 0 aromatic carbocycles. The van der Waals surface area contributed by atoms with Crippen LogP contribution in [0.5, 0.6) is 0 Å². The highest BCUT2D eigenvalue weighted by Crippen LogP contribution is 2.27. The van der Waals surface area contributed by atoms with Crippen molar-refractivity contribution in [2.75, 3.05) is 6.54 Å². The van der Waals surface area contributed by atoms with E-state index in [1.807, 2.05) is 24.0 Å². The summed E-state index contributed by atoms with van der Waals surface area (Å²) in [7, 11) is 0. The van der Waals surface area contributed by atoms with E-state index in [1.165, 1.54) is 0 Å². The first-order valence-corrected chi connectivity index (χ1v) is 6.81. The van der Waals surface area contributed by atoms with E-state index in [9.17, 15) is 9.90 Å². The maximum absolute atomic E-state index is 12.3. The van der Waals surface area contributed by atoms with Gasteiger partial charge in [-0.15, -0.1) is 0 Å². The van der Waals surface area contributed by atoms with Crippen LogP contribution in [-0.4, -0.2) is 39.1 Å². The zero-order chi connectivity index (χ0) is 14.0. The highest BCUT2D eigenvalue weighted by Gasteiger charge is 2.38. The summed E-state index contributed by atoms with van der Waals surface area (Å²) in [5.74, 6) is 0.0790. The summed E-state index contributed by atoms with van der Waals surface area (Å²) in [5, 5.41) is 10.1. The number of aryl methyl sites for hydroxylation is 1. The van der Waals surface area contributed by atoms with Gasteiger partial charge >= 0.3 is 0 Å². The van der Waals surface area contributed by atoms with Gasteiger partial charge in [-0.1, -0.05) is 6.07 Å². The molecule has 0 aliphatic carbocycles. The molecule has 104 valence electrons. The first-order chi connectivity index (χ1) is 8.88. The van der Waals surface area contributed by atoms with Crippen LogP contribution in [0.25, 0.3) is 0 Å². The number of hydrogen-bond acceptors (Lipinski definition) is 3. The Morgan fingerprint density at radius 2 is 2.26 bits per heavy atom. The molecule has 1 amide bonds. The molecule has 1 aliphatic heterocycles. The van der Waals surface area contributed by atoms with E-state index in [2.05, 4.69) is 4.98 Å². The maximum atomic E-state index is 12.3. The van der Waals surface area contributed by atoms with Crippen molar-refractivity contribution in [3.05, 3.63) is 29.6 Å². The Morgan fingerprint density at radius 1 is 1.53 bits per heavy atom. The van der Waals surface area contributed by atoms with Crippen molar-refractivity contribution in [3.63, 3.8) is 0 Å². The zero-order valence-corrected chi connectivity index (χ0v) is 11.9. The van der Waals surface area contributed by atoms with Gasteiger partial charge in [0.05, 0.1) is 18.1 Å². The molecule has 2 heterocycles. The van der Waals surface area contributed by atoms with Crippen molar-refractivity contribution in [2.45, 2.75) is 51.7 Å². The van der Waals surface area contributed by atoms with E-state index in [0.717, 1.165) is 30.6 Å². The minimum Gasteiger partial charge on any atom is -0.388 e. The Hall–Kier alpha value is -1.42. The quantitative estimate of drug-likeness (QED) is 0.902. The van der Waals surface area contributed by atoms with E-state index in [-0.39, 0.29) is 11.9 Å². The van der Waals surface area contributed by atoms with E-state index < -0.39 is 5.60 Å². The number of hydrogen-bond donors (Lipinski definition) is 1. The molecule has 0 saturated carbocycles. The number of likely N-dealkylation sites (tertiary alicyclic amines) is 1. The van der Waals surface area contributed by atoms with Crippen LogP contribution in [0.15, 0.2) is 18.3 Å². The van der Waals surface area contributed by atoms with Crippen LogP contribution >= 0.6 is 0 Å². The van der Waals surface area contributed by atoms with Gasteiger partial charge < -0.3 is 10.0 Å². The number of carbonyl (C=O) groups is 1. The molecule has 0 bridgehead atoms. The topological polar surface area (TPSA) is 53.4 Å². The molecule has 0 radical (unpaired) electrons. The van der Waals surface area contributed by atoms with Crippen LogP contribution in [0.1, 0.15) is 37.9 Å². The molecular formula is C15H22N2O2. The smallest absolute Gasteiger partial charge is 0.227 e. The fourth-order valence-electron chi connectivity index (χ4n) is 2.68. The first kappa shape index (κ1) is 14.0. The number of aromatic nitrogens is 1. The molecule has 1 fully saturated rings. The summed E-state index contributed by atoms with van der Waals surface area (Å²) < 4.78 is 0. The summed E-state index contributed by atoms with van der Waals surface area (Å²) in [6.45, 7) is 6.22. The van der Waals surface area contributed by atoms with Gasteiger partial charge in [0.15, 0.2) is 0 Å². The van der Waals surface area contributed by atoms with Gasteiger partial charge in [-0.3, -0.25) is 9.78 Å². The Balaban J connectivity index is 2.05. The zero-order valence-electron chi connectivity index (χ0n) is 11.9. The van der Waals surface area contributed by atoms with Crippen LogP contribution in [-0.2, 0) is 11.2 Å². The number of carbonyl (C=O) groups excluding carboxylic acids is 1. The van der Waals surface area contributed by atoms with E-state index in [0.29, 0.717) is 6.42 Å². The third kappa shape index (κ3) is 3.32. The van der Waals surface area contributed by atoms with Crippen molar-refractivity contribution < 1.29 is 9.90 Å². The normalized spacial score (nSPS) is 19.8. The lowest BCUT2D eigenvalue weighted by Crippen LogP contribution is -2.48.